The van der Waals surface area contributed by atoms with Crippen LogP contribution in [-0.2, 0) is 13.0 Å². The number of hydrogen-bond acceptors (Lipinski definition) is 6. The van der Waals surface area contributed by atoms with Crippen molar-refractivity contribution >= 4 is 17.6 Å². The molecule has 1 unspecified atom stereocenters. The van der Waals surface area contributed by atoms with Gasteiger partial charge in [0.25, 0.3) is 0 Å². The molecule has 0 amide bonds. The number of ketones is 2. The number of fused-ring (bicyclic) bond motifs is 4. The number of aryl methyl sites for hydroxylation is 2. The van der Waals surface area contributed by atoms with Crippen molar-refractivity contribution in [1.82, 2.24) is 25.5 Å². The molecule has 1 N–H and O–H groups in total. The van der Waals surface area contributed by atoms with Crippen molar-refractivity contribution in [2.24, 2.45) is 0 Å². The number of hydrogen-bond donors (Lipinski definition) is 1. The highest BCUT2D eigenvalue weighted by Crippen LogP contribution is 2.48. The fourth-order valence-corrected chi connectivity index (χ4v) is 5.30. The fourth-order valence-electron chi connectivity index (χ4n) is 5.30. The molecular formula is C23H25N5O2. The van der Waals surface area contributed by atoms with E-state index in [0.717, 1.165) is 82.7 Å². The van der Waals surface area contributed by atoms with Crippen LogP contribution in [0.2, 0.25) is 0 Å². The summed E-state index contributed by atoms with van der Waals surface area (Å²) in [6.07, 6.45) is 5.98. The van der Waals surface area contributed by atoms with Gasteiger partial charge in [0.2, 0.25) is 0 Å². The average molecular weight is 403 g/mol. The summed E-state index contributed by atoms with van der Waals surface area (Å²) in [5.74, 6) is 0.813. The van der Waals surface area contributed by atoms with Crippen LogP contribution in [0.15, 0.2) is 22.9 Å². The van der Waals surface area contributed by atoms with E-state index in [1.54, 1.807) is 0 Å². The Labute approximate surface area is 175 Å². The number of aromatic nitrogens is 4. The maximum atomic E-state index is 13.7. The molecule has 0 spiro atoms. The van der Waals surface area contributed by atoms with E-state index < -0.39 is 0 Å². The number of tetrazole rings is 1. The van der Waals surface area contributed by atoms with Crippen LogP contribution in [0.5, 0.6) is 0 Å². The Morgan fingerprint density at radius 2 is 2.00 bits per heavy atom. The summed E-state index contributed by atoms with van der Waals surface area (Å²) in [5, 5.41) is 15.2. The number of nitrogens with one attached hydrogen (secondary N) is 1. The molecule has 2 heterocycles. The largest absolute Gasteiger partial charge is 0.391 e. The van der Waals surface area contributed by atoms with Gasteiger partial charge in [0.05, 0.1) is 0 Å². The molecule has 154 valence electrons. The minimum Gasteiger partial charge on any atom is -0.391 e. The average Bonchev–Trinajstić information content (AvgIpc) is 3.22. The SMILES string of the molecule is CN/C(C)=C1\C(=O)c2c(cc(C)c3c2CCCC3=O)C1C1=Cc2nnnn2CCC1. The van der Waals surface area contributed by atoms with E-state index in [1.807, 2.05) is 31.7 Å². The molecule has 0 radical (unpaired) electrons. The highest BCUT2D eigenvalue weighted by atomic mass is 16.1. The van der Waals surface area contributed by atoms with Gasteiger partial charge in [-0.15, -0.1) is 5.10 Å². The molecule has 0 saturated carbocycles. The Hall–Kier alpha value is -3.09. The van der Waals surface area contributed by atoms with Gasteiger partial charge in [0.1, 0.15) is 0 Å². The smallest absolute Gasteiger partial charge is 0.192 e. The Morgan fingerprint density at radius 3 is 2.80 bits per heavy atom. The van der Waals surface area contributed by atoms with Crippen LogP contribution in [0, 0.1) is 6.92 Å². The lowest BCUT2D eigenvalue weighted by Crippen LogP contribution is -2.17. The van der Waals surface area contributed by atoms with Crippen molar-refractivity contribution in [3.8, 4) is 0 Å². The van der Waals surface area contributed by atoms with Gasteiger partial charge in [-0.3, -0.25) is 9.59 Å². The molecule has 0 saturated heterocycles. The van der Waals surface area contributed by atoms with Crippen LogP contribution in [0.3, 0.4) is 0 Å². The summed E-state index contributed by atoms with van der Waals surface area (Å²) in [5.41, 5.74) is 7.30. The Balaban J connectivity index is 1.77. The fraction of sp³-hybridized carbons (Fsp3) is 0.435. The first kappa shape index (κ1) is 18.9. The Bertz CT molecular complexity index is 1150. The standard InChI is InChI=1S/C23H25N5O2/c1-12-10-16-21(14-6-5-9-28-18(11-14)25-26-27-28)20(13(2)24-3)23(30)22(16)15-7-4-8-17(29)19(12)15/h10-11,21,24H,4-9H2,1-3H3/b20-13-. The minimum absolute atomic E-state index is 0.0533. The van der Waals surface area contributed by atoms with Gasteiger partial charge in [0.15, 0.2) is 17.4 Å². The molecule has 7 nitrogen and oxygen atoms in total. The molecule has 1 atom stereocenters. The van der Waals surface area contributed by atoms with Gasteiger partial charge in [-0.1, -0.05) is 11.6 Å². The second kappa shape index (κ2) is 7.00. The molecule has 30 heavy (non-hydrogen) atoms. The molecule has 0 fully saturated rings. The predicted molar refractivity (Wildman–Crippen MR) is 112 cm³/mol. The predicted octanol–water partition coefficient (Wildman–Crippen LogP) is 3.15. The lowest BCUT2D eigenvalue weighted by Gasteiger charge is -2.22. The van der Waals surface area contributed by atoms with Crippen molar-refractivity contribution < 1.29 is 9.59 Å². The summed E-state index contributed by atoms with van der Waals surface area (Å²) in [6, 6.07) is 2.07. The van der Waals surface area contributed by atoms with Gasteiger partial charge < -0.3 is 5.32 Å². The lowest BCUT2D eigenvalue weighted by molar-refractivity contribution is 0.0971. The number of Topliss-reactive ketones (excluding diaryl/α,β-unsaturated/α-hetero) is 2. The van der Waals surface area contributed by atoms with Crippen molar-refractivity contribution in [2.45, 2.75) is 58.4 Å². The number of benzene rings is 1. The number of allylic oxidation sites excluding steroid dienone is 3. The Morgan fingerprint density at radius 1 is 1.17 bits per heavy atom. The number of nitrogens with zero attached hydrogens (tertiary/aromatic N) is 4. The highest BCUT2D eigenvalue weighted by Gasteiger charge is 2.42. The van der Waals surface area contributed by atoms with Crippen molar-refractivity contribution in [3.63, 3.8) is 0 Å². The zero-order valence-corrected chi connectivity index (χ0v) is 17.6. The summed E-state index contributed by atoms with van der Waals surface area (Å²) >= 11 is 0. The summed E-state index contributed by atoms with van der Waals surface area (Å²) in [7, 11) is 1.85. The molecule has 0 bridgehead atoms. The monoisotopic (exact) mass is 403 g/mol. The minimum atomic E-state index is -0.135. The van der Waals surface area contributed by atoms with E-state index in [0.29, 0.717) is 6.42 Å². The van der Waals surface area contributed by atoms with E-state index in [-0.39, 0.29) is 17.5 Å². The first-order chi connectivity index (χ1) is 14.5. The second-order valence-electron chi connectivity index (χ2n) is 8.42. The summed E-state index contributed by atoms with van der Waals surface area (Å²) < 4.78 is 1.82. The van der Waals surface area contributed by atoms with E-state index in [1.165, 1.54) is 0 Å². The normalized spacial score (nSPS) is 22.1. The molecule has 2 aromatic rings. The van der Waals surface area contributed by atoms with Gasteiger partial charge in [0, 0.05) is 48.3 Å². The van der Waals surface area contributed by atoms with Crippen LogP contribution in [-0.4, -0.2) is 38.8 Å². The molecule has 3 aliphatic rings. The molecule has 1 aliphatic heterocycles. The van der Waals surface area contributed by atoms with E-state index in [2.05, 4.69) is 26.9 Å². The number of carbonyl (C=O) groups is 2. The molecule has 2 aliphatic carbocycles. The highest BCUT2D eigenvalue weighted by molar-refractivity contribution is 6.18. The van der Waals surface area contributed by atoms with Gasteiger partial charge in [-0.25, -0.2) is 4.68 Å². The van der Waals surface area contributed by atoms with Gasteiger partial charge in [-0.05, 0) is 72.7 Å². The van der Waals surface area contributed by atoms with Crippen molar-refractivity contribution in [3.05, 3.63) is 56.6 Å². The lowest BCUT2D eigenvalue weighted by atomic mass is 9.80. The van der Waals surface area contributed by atoms with Crippen molar-refractivity contribution in [2.75, 3.05) is 7.05 Å². The number of carbonyl (C=O) groups excluding carboxylic acids is 2. The summed E-state index contributed by atoms with van der Waals surface area (Å²) in [4.78, 5) is 26.4. The third-order valence-electron chi connectivity index (χ3n) is 6.70. The zero-order valence-electron chi connectivity index (χ0n) is 17.6. The molecular weight excluding hydrogens is 378 g/mol. The Kier molecular flexibility index (Phi) is 4.41. The maximum absolute atomic E-state index is 13.7. The quantitative estimate of drug-likeness (QED) is 0.775. The molecule has 7 heteroatoms. The van der Waals surface area contributed by atoms with E-state index >= 15 is 0 Å². The van der Waals surface area contributed by atoms with Crippen LogP contribution >= 0.6 is 0 Å². The zero-order chi connectivity index (χ0) is 21.0. The van der Waals surface area contributed by atoms with E-state index in [9.17, 15) is 9.59 Å². The van der Waals surface area contributed by atoms with Crippen LogP contribution < -0.4 is 5.32 Å². The summed E-state index contributed by atoms with van der Waals surface area (Å²) in [6.45, 7) is 4.72. The third-order valence-corrected chi connectivity index (χ3v) is 6.70. The van der Waals surface area contributed by atoms with Crippen LogP contribution in [0.1, 0.15) is 81.8 Å². The maximum Gasteiger partial charge on any atom is 0.192 e. The molecule has 1 aromatic heterocycles. The molecule has 1 aromatic carbocycles. The first-order valence-electron chi connectivity index (χ1n) is 10.6. The van der Waals surface area contributed by atoms with Crippen LogP contribution in [0.25, 0.3) is 6.08 Å². The van der Waals surface area contributed by atoms with Gasteiger partial charge >= 0.3 is 0 Å². The van der Waals surface area contributed by atoms with Gasteiger partial charge in [-0.2, -0.15) is 0 Å². The topological polar surface area (TPSA) is 89.8 Å². The first-order valence-corrected chi connectivity index (χ1v) is 10.6. The molecule has 5 rings (SSSR count). The number of rotatable bonds is 2. The third kappa shape index (κ3) is 2.68. The van der Waals surface area contributed by atoms with Crippen LogP contribution in [0.4, 0.5) is 0 Å². The van der Waals surface area contributed by atoms with Crippen molar-refractivity contribution in [1.29, 1.82) is 0 Å². The second-order valence-corrected chi connectivity index (χ2v) is 8.42. The van der Waals surface area contributed by atoms with E-state index in [4.69, 9.17) is 0 Å².